The van der Waals surface area contributed by atoms with Crippen molar-refractivity contribution in [3.05, 3.63) is 0 Å². The van der Waals surface area contributed by atoms with E-state index in [4.69, 9.17) is 10.5 Å². The quantitative estimate of drug-likeness (QED) is 0.600. The second-order valence-corrected chi connectivity index (χ2v) is 3.40. The van der Waals surface area contributed by atoms with E-state index in [-0.39, 0.29) is 0 Å². The van der Waals surface area contributed by atoms with Crippen LogP contribution in [-0.4, -0.2) is 19.8 Å². The number of rotatable bonds is 6. The van der Waals surface area contributed by atoms with Crippen molar-refractivity contribution in [1.82, 2.24) is 0 Å². The summed E-state index contributed by atoms with van der Waals surface area (Å²) >= 11 is 0. The van der Waals surface area contributed by atoms with Crippen LogP contribution in [0.4, 0.5) is 0 Å². The molecule has 0 aromatic rings. The third-order valence-corrected chi connectivity index (χ3v) is 1.99. The molecule has 0 spiro atoms. The van der Waals surface area contributed by atoms with Gasteiger partial charge in [-0.25, -0.2) is 0 Å². The average molecular weight is 159 g/mol. The Balaban J connectivity index is 3.10. The lowest BCUT2D eigenvalue weighted by Crippen LogP contribution is -2.26. The Morgan fingerprint density at radius 3 is 2.36 bits per heavy atom. The molecule has 0 fully saturated rings. The molecule has 2 heteroatoms. The van der Waals surface area contributed by atoms with Gasteiger partial charge in [-0.15, -0.1) is 0 Å². The summed E-state index contributed by atoms with van der Waals surface area (Å²) in [7, 11) is 1.74. The Bertz CT molecular complexity index is 83.6. The van der Waals surface area contributed by atoms with E-state index in [2.05, 4.69) is 13.8 Å². The summed E-state index contributed by atoms with van der Waals surface area (Å²) in [6, 6.07) is 0.367. The number of nitrogens with two attached hydrogens (primary N) is 1. The number of ether oxygens (including phenoxy) is 1. The fourth-order valence-electron chi connectivity index (χ4n) is 0.960. The van der Waals surface area contributed by atoms with Crippen LogP contribution in [0.15, 0.2) is 0 Å². The van der Waals surface area contributed by atoms with Crippen molar-refractivity contribution in [2.24, 2.45) is 11.7 Å². The summed E-state index contributed by atoms with van der Waals surface area (Å²) in [4.78, 5) is 0. The minimum absolute atomic E-state index is 0.367. The van der Waals surface area contributed by atoms with Crippen LogP contribution < -0.4 is 5.73 Å². The zero-order chi connectivity index (χ0) is 8.69. The van der Waals surface area contributed by atoms with E-state index in [9.17, 15) is 0 Å². The second kappa shape index (κ2) is 6.62. The van der Waals surface area contributed by atoms with E-state index in [0.717, 1.165) is 19.4 Å². The SMILES string of the molecule is COCCCCC(N)C(C)C. The lowest BCUT2D eigenvalue weighted by Gasteiger charge is -2.14. The van der Waals surface area contributed by atoms with Gasteiger partial charge in [0.05, 0.1) is 0 Å². The molecule has 0 radical (unpaired) electrons. The molecule has 0 bridgehead atoms. The van der Waals surface area contributed by atoms with E-state index >= 15 is 0 Å². The van der Waals surface area contributed by atoms with Crippen molar-refractivity contribution < 1.29 is 4.74 Å². The summed E-state index contributed by atoms with van der Waals surface area (Å²) in [5, 5.41) is 0. The maximum absolute atomic E-state index is 5.86. The van der Waals surface area contributed by atoms with Gasteiger partial charge in [-0.05, 0) is 25.2 Å². The first-order valence-corrected chi connectivity index (χ1v) is 4.43. The van der Waals surface area contributed by atoms with Gasteiger partial charge < -0.3 is 10.5 Å². The van der Waals surface area contributed by atoms with Crippen LogP contribution in [0.5, 0.6) is 0 Å². The van der Waals surface area contributed by atoms with Crippen molar-refractivity contribution in [1.29, 1.82) is 0 Å². The summed E-state index contributed by atoms with van der Waals surface area (Å²) in [5.74, 6) is 0.609. The summed E-state index contributed by atoms with van der Waals surface area (Å²) < 4.78 is 4.94. The Labute approximate surface area is 70.1 Å². The van der Waals surface area contributed by atoms with Gasteiger partial charge in [0.1, 0.15) is 0 Å². The number of hydrogen-bond acceptors (Lipinski definition) is 2. The molecule has 0 amide bonds. The average Bonchev–Trinajstić information content (AvgIpc) is 1.97. The van der Waals surface area contributed by atoms with Gasteiger partial charge in [0, 0.05) is 19.8 Å². The van der Waals surface area contributed by atoms with Gasteiger partial charge in [0.15, 0.2) is 0 Å². The van der Waals surface area contributed by atoms with Crippen molar-refractivity contribution in [2.75, 3.05) is 13.7 Å². The molecule has 0 aliphatic heterocycles. The Morgan fingerprint density at radius 2 is 1.91 bits per heavy atom. The standard InChI is InChI=1S/C9H21NO/c1-8(2)9(10)6-4-5-7-11-3/h8-9H,4-7,10H2,1-3H3. The van der Waals surface area contributed by atoms with Crippen molar-refractivity contribution in [3.8, 4) is 0 Å². The number of unbranched alkanes of at least 4 members (excludes halogenated alkanes) is 1. The van der Waals surface area contributed by atoms with Crippen LogP contribution >= 0.6 is 0 Å². The molecule has 11 heavy (non-hydrogen) atoms. The van der Waals surface area contributed by atoms with Crippen molar-refractivity contribution >= 4 is 0 Å². The Morgan fingerprint density at radius 1 is 1.27 bits per heavy atom. The highest BCUT2D eigenvalue weighted by molar-refractivity contribution is 4.64. The zero-order valence-electron chi connectivity index (χ0n) is 7.97. The van der Waals surface area contributed by atoms with E-state index in [0.29, 0.717) is 12.0 Å². The minimum atomic E-state index is 0.367. The highest BCUT2D eigenvalue weighted by atomic mass is 16.5. The smallest absolute Gasteiger partial charge is 0.0462 e. The van der Waals surface area contributed by atoms with Gasteiger partial charge in [-0.1, -0.05) is 13.8 Å². The van der Waals surface area contributed by atoms with Gasteiger partial charge in [-0.2, -0.15) is 0 Å². The minimum Gasteiger partial charge on any atom is -0.385 e. The lowest BCUT2D eigenvalue weighted by molar-refractivity contribution is 0.190. The second-order valence-electron chi connectivity index (χ2n) is 3.40. The maximum atomic E-state index is 5.86. The van der Waals surface area contributed by atoms with E-state index in [1.807, 2.05) is 0 Å². The normalized spacial score (nSPS) is 13.9. The third-order valence-electron chi connectivity index (χ3n) is 1.99. The first-order chi connectivity index (χ1) is 5.18. The van der Waals surface area contributed by atoms with Crippen LogP contribution in [0.25, 0.3) is 0 Å². The molecule has 0 aromatic heterocycles. The Hall–Kier alpha value is -0.0800. The lowest BCUT2D eigenvalue weighted by atomic mass is 10.00. The molecule has 1 atom stereocenters. The molecule has 68 valence electrons. The van der Waals surface area contributed by atoms with E-state index < -0.39 is 0 Å². The van der Waals surface area contributed by atoms with Gasteiger partial charge in [0.2, 0.25) is 0 Å². The molecule has 0 saturated carbocycles. The molecule has 0 aliphatic carbocycles. The molecule has 0 heterocycles. The molecular formula is C9H21NO. The van der Waals surface area contributed by atoms with Crippen LogP contribution in [0.2, 0.25) is 0 Å². The molecule has 0 saturated heterocycles. The fourth-order valence-corrected chi connectivity index (χ4v) is 0.960. The number of methoxy groups -OCH3 is 1. The van der Waals surface area contributed by atoms with Crippen molar-refractivity contribution in [2.45, 2.75) is 39.2 Å². The van der Waals surface area contributed by atoms with Crippen LogP contribution in [0.1, 0.15) is 33.1 Å². The van der Waals surface area contributed by atoms with Crippen LogP contribution in [0, 0.1) is 5.92 Å². The van der Waals surface area contributed by atoms with Crippen LogP contribution in [-0.2, 0) is 4.74 Å². The molecule has 0 aromatic carbocycles. The fraction of sp³-hybridized carbons (Fsp3) is 1.00. The molecule has 0 aliphatic rings. The monoisotopic (exact) mass is 159 g/mol. The largest absolute Gasteiger partial charge is 0.385 e. The van der Waals surface area contributed by atoms with Gasteiger partial charge in [0.25, 0.3) is 0 Å². The van der Waals surface area contributed by atoms with Gasteiger partial charge >= 0.3 is 0 Å². The number of hydrogen-bond donors (Lipinski definition) is 1. The molecule has 1 unspecified atom stereocenters. The molecule has 2 N–H and O–H groups in total. The first-order valence-electron chi connectivity index (χ1n) is 4.43. The van der Waals surface area contributed by atoms with Crippen LogP contribution in [0.3, 0.4) is 0 Å². The predicted octanol–water partition coefficient (Wildman–Crippen LogP) is 1.79. The maximum Gasteiger partial charge on any atom is 0.0462 e. The van der Waals surface area contributed by atoms with E-state index in [1.54, 1.807) is 7.11 Å². The summed E-state index contributed by atoms with van der Waals surface area (Å²) in [6.45, 7) is 5.20. The van der Waals surface area contributed by atoms with Gasteiger partial charge in [-0.3, -0.25) is 0 Å². The summed E-state index contributed by atoms with van der Waals surface area (Å²) in [5.41, 5.74) is 5.86. The molecule has 2 nitrogen and oxygen atoms in total. The Kier molecular flexibility index (Phi) is 6.57. The van der Waals surface area contributed by atoms with E-state index in [1.165, 1.54) is 6.42 Å². The first kappa shape index (κ1) is 10.9. The molecule has 0 rings (SSSR count). The zero-order valence-corrected chi connectivity index (χ0v) is 7.97. The predicted molar refractivity (Wildman–Crippen MR) is 48.5 cm³/mol. The third kappa shape index (κ3) is 6.32. The highest BCUT2D eigenvalue weighted by Crippen LogP contribution is 2.06. The topological polar surface area (TPSA) is 35.2 Å². The molecular weight excluding hydrogens is 138 g/mol. The van der Waals surface area contributed by atoms with Crippen molar-refractivity contribution in [3.63, 3.8) is 0 Å². The summed E-state index contributed by atoms with van der Waals surface area (Å²) in [6.07, 6.45) is 3.45. The highest BCUT2D eigenvalue weighted by Gasteiger charge is 2.05.